The number of amides is 1. The average molecular weight is 660 g/mol. The number of aliphatic imine (C=N–C) groups is 1. The fraction of sp³-hybridized carbons (Fsp3) is 0.179. The summed E-state index contributed by atoms with van der Waals surface area (Å²) >= 11 is 8.32. The van der Waals surface area contributed by atoms with Crippen LogP contribution in [0, 0.1) is 0 Å². The summed E-state index contributed by atoms with van der Waals surface area (Å²) in [6, 6.07) is 18.3. The predicted octanol–water partition coefficient (Wildman–Crippen LogP) is 7.21. The van der Waals surface area contributed by atoms with Crippen LogP contribution in [0.15, 0.2) is 79.5 Å². The van der Waals surface area contributed by atoms with Crippen LogP contribution in [0.3, 0.4) is 0 Å². The minimum Gasteiger partial charge on any atom is -0.490 e. The molecule has 0 radical (unpaired) electrons. The smallest absolute Gasteiger partial charge is 0.337 e. The maximum absolute atomic E-state index is 13.0. The van der Waals surface area contributed by atoms with E-state index in [0.717, 1.165) is 20.1 Å². The van der Waals surface area contributed by atoms with Crippen molar-refractivity contribution in [3.63, 3.8) is 0 Å². The van der Waals surface area contributed by atoms with Crippen molar-refractivity contribution < 1.29 is 23.8 Å². The molecule has 38 heavy (non-hydrogen) atoms. The molecule has 7 nitrogen and oxygen atoms in total. The van der Waals surface area contributed by atoms with Crippen LogP contribution < -0.4 is 9.47 Å². The van der Waals surface area contributed by atoms with E-state index in [2.05, 4.69) is 36.9 Å². The van der Waals surface area contributed by atoms with Gasteiger partial charge in [0.2, 0.25) is 0 Å². The third kappa shape index (κ3) is 6.67. The first-order valence-corrected chi connectivity index (χ1v) is 14.0. The van der Waals surface area contributed by atoms with Crippen LogP contribution in [-0.2, 0) is 16.1 Å². The van der Waals surface area contributed by atoms with Crippen molar-refractivity contribution >= 4 is 72.4 Å². The predicted molar refractivity (Wildman–Crippen MR) is 157 cm³/mol. The fourth-order valence-electron chi connectivity index (χ4n) is 3.51. The van der Waals surface area contributed by atoms with E-state index in [0.29, 0.717) is 46.0 Å². The Bertz CT molecular complexity index is 1410. The normalized spacial score (nSPS) is 15.3. The van der Waals surface area contributed by atoms with Gasteiger partial charge >= 0.3 is 5.97 Å². The van der Waals surface area contributed by atoms with Crippen molar-refractivity contribution in [3.8, 4) is 11.5 Å². The molecule has 0 unspecified atom stereocenters. The molecule has 0 spiro atoms. The molecule has 0 bridgehead atoms. The van der Waals surface area contributed by atoms with Crippen LogP contribution >= 0.6 is 43.6 Å². The summed E-state index contributed by atoms with van der Waals surface area (Å²) in [6.07, 6.45) is 1.80. The SMILES string of the molecule is CCOc1cc(/C=C2\SC(=Nc3ccc(C(=O)OC)cc3)N(C)C2=O)cc(Br)c1OCc1ccc(Br)cc1. The van der Waals surface area contributed by atoms with E-state index in [1.807, 2.05) is 43.3 Å². The summed E-state index contributed by atoms with van der Waals surface area (Å²) < 4.78 is 18.4. The Morgan fingerprint density at radius 3 is 2.42 bits per heavy atom. The number of hydrogen-bond donors (Lipinski definition) is 0. The van der Waals surface area contributed by atoms with Crippen molar-refractivity contribution in [1.29, 1.82) is 0 Å². The van der Waals surface area contributed by atoms with Crippen molar-refractivity contribution in [2.24, 2.45) is 4.99 Å². The lowest BCUT2D eigenvalue weighted by molar-refractivity contribution is -0.121. The highest BCUT2D eigenvalue weighted by Crippen LogP contribution is 2.40. The van der Waals surface area contributed by atoms with Crippen molar-refractivity contribution in [3.05, 3.63) is 91.2 Å². The number of carbonyl (C=O) groups is 2. The number of methoxy groups -OCH3 is 1. The van der Waals surface area contributed by atoms with Gasteiger partial charge in [0.1, 0.15) is 6.61 Å². The van der Waals surface area contributed by atoms with E-state index in [-0.39, 0.29) is 5.91 Å². The molecule has 10 heteroatoms. The van der Waals surface area contributed by atoms with Crippen LogP contribution in [0.5, 0.6) is 11.5 Å². The summed E-state index contributed by atoms with van der Waals surface area (Å²) in [7, 11) is 3.01. The van der Waals surface area contributed by atoms with Crippen LogP contribution in [0.2, 0.25) is 0 Å². The molecule has 1 saturated heterocycles. The lowest BCUT2D eigenvalue weighted by atomic mass is 10.1. The Morgan fingerprint density at radius 2 is 1.76 bits per heavy atom. The molecule has 3 aromatic carbocycles. The van der Waals surface area contributed by atoms with Crippen LogP contribution in [0.25, 0.3) is 6.08 Å². The van der Waals surface area contributed by atoms with Gasteiger partial charge in [0.15, 0.2) is 16.7 Å². The minimum absolute atomic E-state index is 0.162. The molecule has 1 fully saturated rings. The molecule has 0 atom stereocenters. The zero-order chi connectivity index (χ0) is 27.2. The Morgan fingerprint density at radius 1 is 1.05 bits per heavy atom. The maximum atomic E-state index is 13.0. The number of thioether (sulfide) groups is 1. The largest absolute Gasteiger partial charge is 0.490 e. The fourth-order valence-corrected chi connectivity index (χ4v) is 5.34. The number of likely N-dealkylation sites (N-methyl/N-ethyl adjacent to an activating group) is 1. The zero-order valence-corrected chi connectivity index (χ0v) is 24.9. The number of hydrogen-bond acceptors (Lipinski definition) is 7. The van der Waals surface area contributed by atoms with Crippen LogP contribution in [0.1, 0.15) is 28.4 Å². The maximum Gasteiger partial charge on any atom is 0.337 e. The third-order valence-corrected chi connectivity index (χ3v) is 7.62. The van der Waals surface area contributed by atoms with Gasteiger partial charge in [-0.15, -0.1) is 0 Å². The molecule has 4 rings (SSSR count). The lowest BCUT2D eigenvalue weighted by Gasteiger charge is -2.15. The second kappa shape index (κ2) is 12.6. The molecule has 0 N–H and O–H groups in total. The highest BCUT2D eigenvalue weighted by Gasteiger charge is 2.30. The molecule has 0 aliphatic carbocycles. The number of nitrogens with zero attached hydrogens (tertiary/aromatic N) is 2. The Hall–Kier alpha value is -3.08. The number of halogens is 2. The topological polar surface area (TPSA) is 77.4 Å². The van der Waals surface area contributed by atoms with E-state index < -0.39 is 5.97 Å². The Balaban J connectivity index is 1.55. The molecule has 3 aromatic rings. The number of rotatable bonds is 8. The number of esters is 1. The molecule has 1 amide bonds. The highest BCUT2D eigenvalue weighted by molar-refractivity contribution is 9.10. The molecule has 0 aromatic heterocycles. The van der Waals surface area contributed by atoms with Gasteiger partial charge in [-0.05, 0) is 100 Å². The van der Waals surface area contributed by atoms with Crippen LogP contribution in [-0.4, -0.2) is 42.7 Å². The van der Waals surface area contributed by atoms with E-state index in [4.69, 9.17) is 14.2 Å². The second-order valence-corrected chi connectivity index (χ2v) is 10.9. The van der Waals surface area contributed by atoms with E-state index in [1.54, 1.807) is 37.4 Å². The van der Waals surface area contributed by atoms with E-state index in [1.165, 1.54) is 23.8 Å². The quantitative estimate of drug-likeness (QED) is 0.188. The Kier molecular flexibility index (Phi) is 9.30. The summed E-state index contributed by atoms with van der Waals surface area (Å²) in [6.45, 7) is 2.75. The van der Waals surface area contributed by atoms with Gasteiger partial charge in [0.05, 0.1) is 34.3 Å². The summed E-state index contributed by atoms with van der Waals surface area (Å²) in [5.41, 5.74) is 2.86. The molecule has 0 saturated carbocycles. The van der Waals surface area contributed by atoms with Gasteiger partial charge in [0, 0.05) is 11.5 Å². The number of ether oxygens (including phenoxy) is 3. The zero-order valence-electron chi connectivity index (χ0n) is 20.9. The van der Waals surface area contributed by atoms with Crippen molar-refractivity contribution in [2.75, 3.05) is 20.8 Å². The van der Waals surface area contributed by atoms with Crippen molar-refractivity contribution in [2.45, 2.75) is 13.5 Å². The van der Waals surface area contributed by atoms with Gasteiger partial charge in [-0.1, -0.05) is 28.1 Å². The van der Waals surface area contributed by atoms with Crippen LogP contribution in [0.4, 0.5) is 5.69 Å². The van der Waals surface area contributed by atoms with Gasteiger partial charge in [-0.2, -0.15) is 0 Å². The van der Waals surface area contributed by atoms with Crippen molar-refractivity contribution in [1.82, 2.24) is 4.90 Å². The number of amidine groups is 1. The highest BCUT2D eigenvalue weighted by atomic mass is 79.9. The summed E-state index contributed by atoms with van der Waals surface area (Å²) in [5.74, 6) is 0.593. The molecular weight excluding hydrogens is 636 g/mol. The van der Waals surface area contributed by atoms with E-state index >= 15 is 0 Å². The van der Waals surface area contributed by atoms with Gasteiger partial charge in [-0.3, -0.25) is 9.69 Å². The minimum atomic E-state index is -0.417. The Labute approximate surface area is 242 Å². The summed E-state index contributed by atoms with van der Waals surface area (Å²) in [4.78, 5) is 31.2. The first-order valence-electron chi connectivity index (χ1n) is 11.6. The lowest BCUT2D eigenvalue weighted by Crippen LogP contribution is -2.23. The molecular formula is C28H24Br2N2O5S. The molecule has 1 aliphatic heterocycles. The first kappa shape index (κ1) is 27.9. The summed E-state index contributed by atoms with van der Waals surface area (Å²) in [5, 5.41) is 0.533. The van der Waals surface area contributed by atoms with Gasteiger partial charge in [0.25, 0.3) is 5.91 Å². The monoisotopic (exact) mass is 658 g/mol. The number of benzene rings is 3. The third-order valence-electron chi connectivity index (χ3n) is 5.44. The van der Waals surface area contributed by atoms with Gasteiger partial charge in [-0.25, -0.2) is 9.79 Å². The van der Waals surface area contributed by atoms with Gasteiger partial charge < -0.3 is 14.2 Å². The molecule has 196 valence electrons. The average Bonchev–Trinajstić information content (AvgIpc) is 3.17. The first-order chi connectivity index (χ1) is 18.3. The molecule has 1 aliphatic rings. The standard InChI is InChI=1S/C28H24Br2N2O5S/c1-4-36-23-14-18(13-22(30)25(23)37-16-17-5-9-20(29)10-6-17)15-24-26(33)32(2)28(38-24)31-21-11-7-19(8-12-21)27(34)35-3/h5-15H,4,16H2,1-3H3/b24-15-,31-28?. The molecule has 1 heterocycles. The van der Waals surface area contributed by atoms with E-state index in [9.17, 15) is 9.59 Å². The number of carbonyl (C=O) groups excluding carboxylic acids is 2. The second-order valence-electron chi connectivity index (χ2n) is 8.09.